The number of hydrogen-bond acceptors (Lipinski definition) is 4. The Kier molecular flexibility index (Phi) is 4.73. The quantitative estimate of drug-likeness (QED) is 0.846. The predicted molar refractivity (Wildman–Crippen MR) is 78.3 cm³/mol. The summed E-state index contributed by atoms with van der Waals surface area (Å²) in [6.45, 7) is 3.53. The number of halogens is 1. The minimum Gasteiger partial charge on any atom is -0.305 e. The molecule has 6 nitrogen and oxygen atoms in total. The largest absolute Gasteiger partial charge is 0.305 e. The van der Waals surface area contributed by atoms with Gasteiger partial charge in [0.15, 0.2) is 5.03 Å². The molecule has 0 spiro atoms. The van der Waals surface area contributed by atoms with Crippen molar-refractivity contribution in [2.45, 2.75) is 36.7 Å². The van der Waals surface area contributed by atoms with Crippen LogP contribution in [0, 0.1) is 6.92 Å². The molecule has 1 saturated heterocycles. The lowest BCUT2D eigenvalue weighted by Gasteiger charge is -2.34. The maximum Gasteiger partial charge on any atom is 0.262 e. The molecule has 2 rings (SSSR count). The molecule has 0 amide bonds. The molecule has 1 unspecified atom stereocenters. The average molecular weight is 321 g/mol. The van der Waals surface area contributed by atoms with E-state index in [-0.39, 0.29) is 16.9 Å². The number of piperidine rings is 1. The van der Waals surface area contributed by atoms with Crippen molar-refractivity contribution in [3.05, 3.63) is 11.3 Å². The summed E-state index contributed by atoms with van der Waals surface area (Å²) in [7, 11) is 0.0315. The lowest BCUT2D eigenvalue weighted by molar-refractivity contribution is 0.187. The molecule has 0 radical (unpaired) electrons. The predicted octanol–water partition coefficient (Wildman–Crippen LogP) is 1.17. The van der Waals surface area contributed by atoms with E-state index in [1.54, 1.807) is 14.0 Å². The van der Waals surface area contributed by atoms with Gasteiger partial charge in [0.2, 0.25) is 0 Å². The molecule has 1 aromatic heterocycles. The molecule has 2 heterocycles. The SMILES string of the molecule is Cc1[nH]nc(S(=O)(=O)N(C)C2CCCN(C)C2)c1CCl. The van der Waals surface area contributed by atoms with Crippen LogP contribution in [0.4, 0.5) is 0 Å². The van der Waals surface area contributed by atoms with Crippen LogP contribution in [0.1, 0.15) is 24.1 Å². The molecule has 1 fully saturated rings. The number of nitrogens with one attached hydrogen (secondary N) is 1. The van der Waals surface area contributed by atoms with Gasteiger partial charge in [-0.05, 0) is 33.4 Å². The van der Waals surface area contributed by atoms with Crippen molar-refractivity contribution < 1.29 is 8.42 Å². The molecule has 1 aliphatic heterocycles. The van der Waals surface area contributed by atoms with E-state index in [0.29, 0.717) is 11.3 Å². The first kappa shape index (κ1) is 15.8. The minimum atomic E-state index is -3.60. The molecule has 0 bridgehead atoms. The summed E-state index contributed by atoms with van der Waals surface area (Å²) in [6, 6.07) is -0.0149. The zero-order valence-corrected chi connectivity index (χ0v) is 13.6. The maximum absolute atomic E-state index is 12.7. The van der Waals surface area contributed by atoms with E-state index < -0.39 is 10.0 Å². The Hall–Kier alpha value is -0.630. The number of aromatic nitrogens is 2. The van der Waals surface area contributed by atoms with Crippen molar-refractivity contribution in [1.29, 1.82) is 0 Å². The highest BCUT2D eigenvalue weighted by Crippen LogP contribution is 2.25. The number of nitrogens with zero attached hydrogens (tertiary/aromatic N) is 3. The van der Waals surface area contributed by atoms with Crippen molar-refractivity contribution >= 4 is 21.6 Å². The van der Waals surface area contributed by atoms with Gasteiger partial charge < -0.3 is 4.90 Å². The number of alkyl halides is 1. The van der Waals surface area contributed by atoms with Crippen LogP contribution >= 0.6 is 11.6 Å². The smallest absolute Gasteiger partial charge is 0.262 e. The average Bonchev–Trinajstić information content (AvgIpc) is 2.79. The minimum absolute atomic E-state index is 0.0149. The monoisotopic (exact) mass is 320 g/mol. The van der Waals surface area contributed by atoms with E-state index in [9.17, 15) is 8.42 Å². The van der Waals surface area contributed by atoms with Crippen molar-refractivity contribution in [3.63, 3.8) is 0 Å². The Bertz CT molecular complexity index is 572. The summed E-state index contributed by atoms with van der Waals surface area (Å²) in [5.74, 6) is 0.134. The van der Waals surface area contributed by atoms with Crippen LogP contribution < -0.4 is 0 Å². The Morgan fingerprint density at radius 1 is 1.55 bits per heavy atom. The number of hydrogen-bond donors (Lipinski definition) is 1. The number of H-pyrrole nitrogens is 1. The fourth-order valence-corrected chi connectivity index (χ4v) is 4.51. The van der Waals surface area contributed by atoms with E-state index in [1.807, 2.05) is 7.05 Å². The van der Waals surface area contributed by atoms with Gasteiger partial charge in [-0.15, -0.1) is 11.6 Å². The van der Waals surface area contributed by atoms with E-state index in [2.05, 4.69) is 15.1 Å². The number of sulfonamides is 1. The second-order valence-corrected chi connectivity index (χ2v) is 7.53. The van der Waals surface area contributed by atoms with Gasteiger partial charge in [-0.25, -0.2) is 8.42 Å². The van der Waals surface area contributed by atoms with Gasteiger partial charge in [0.25, 0.3) is 10.0 Å². The Labute approximate surface area is 125 Å². The molecule has 1 aromatic rings. The highest BCUT2D eigenvalue weighted by Gasteiger charge is 2.34. The van der Waals surface area contributed by atoms with Crippen LogP contribution in [-0.4, -0.2) is 61.0 Å². The standard InChI is InChI=1S/C12H21ClN4O2S/c1-9-11(7-13)12(15-14-9)20(18,19)17(3)10-5-4-6-16(2)8-10/h10H,4-8H2,1-3H3,(H,14,15). The molecule has 8 heteroatoms. The van der Waals surface area contributed by atoms with Crippen LogP contribution in [0.5, 0.6) is 0 Å². The van der Waals surface area contributed by atoms with Crippen molar-refractivity contribution in [2.24, 2.45) is 0 Å². The summed E-state index contributed by atoms with van der Waals surface area (Å²) in [5, 5.41) is 6.71. The van der Waals surface area contributed by atoms with Gasteiger partial charge in [0.05, 0.1) is 5.88 Å². The third-order valence-corrected chi connectivity index (χ3v) is 6.06. The summed E-state index contributed by atoms with van der Waals surface area (Å²) < 4.78 is 26.8. The summed E-state index contributed by atoms with van der Waals surface area (Å²) in [5.41, 5.74) is 1.26. The molecule has 1 atom stereocenters. The Balaban J connectivity index is 2.29. The van der Waals surface area contributed by atoms with E-state index in [1.165, 1.54) is 4.31 Å². The van der Waals surface area contributed by atoms with Crippen molar-refractivity contribution in [2.75, 3.05) is 27.2 Å². The van der Waals surface area contributed by atoms with Crippen LogP contribution in [0.15, 0.2) is 5.03 Å². The van der Waals surface area contributed by atoms with Crippen molar-refractivity contribution in [3.8, 4) is 0 Å². The van der Waals surface area contributed by atoms with E-state index in [4.69, 9.17) is 11.6 Å². The number of likely N-dealkylation sites (N-methyl/N-ethyl adjacent to an activating group) is 2. The molecule has 0 saturated carbocycles. The third kappa shape index (κ3) is 2.86. The van der Waals surface area contributed by atoms with E-state index >= 15 is 0 Å². The number of aromatic amines is 1. The topological polar surface area (TPSA) is 69.3 Å². The van der Waals surface area contributed by atoms with Gasteiger partial charge in [-0.1, -0.05) is 0 Å². The highest BCUT2D eigenvalue weighted by atomic mass is 35.5. The van der Waals surface area contributed by atoms with Gasteiger partial charge in [0, 0.05) is 30.9 Å². The maximum atomic E-state index is 12.7. The second kappa shape index (κ2) is 6.01. The van der Waals surface area contributed by atoms with Crippen LogP contribution in [0.25, 0.3) is 0 Å². The molecule has 1 N–H and O–H groups in total. The van der Waals surface area contributed by atoms with Crippen LogP contribution in [-0.2, 0) is 15.9 Å². The zero-order valence-electron chi connectivity index (χ0n) is 12.1. The lowest BCUT2D eigenvalue weighted by Crippen LogP contribution is -2.47. The molecule has 0 aliphatic carbocycles. The fourth-order valence-electron chi connectivity index (χ4n) is 2.57. The number of rotatable bonds is 4. The molecule has 1 aliphatic rings. The van der Waals surface area contributed by atoms with Gasteiger partial charge in [-0.2, -0.15) is 9.40 Å². The Morgan fingerprint density at radius 2 is 2.25 bits per heavy atom. The number of aryl methyl sites for hydroxylation is 1. The number of likely N-dealkylation sites (tertiary alicyclic amines) is 1. The van der Waals surface area contributed by atoms with Crippen LogP contribution in [0.3, 0.4) is 0 Å². The highest BCUT2D eigenvalue weighted by molar-refractivity contribution is 7.89. The molecule has 0 aromatic carbocycles. The van der Waals surface area contributed by atoms with Crippen molar-refractivity contribution in [1.82, 2.24) is 19.4 Å². The fraction of sp³-hybridized carbons (Fsp3) is 0.750. The molecule has 114 valence electrons. The molecular weight excluding hydrogens is 300 g/mol. The molecule has 20 heavy (non-hydrogen) atoms. The van der Waals surface area contributed by atoms with E-state index in [0.717, 1.165) is 25.9 Å². The van der Waals surface area contributed by atoms with Gasteiger partial charge >= 0.3 is 0 Å². The lowest BCUT2D eigenvalue weighted by atomic mass is 10.1. The first-order valence-electron chi connectivity index (χ1n) is 6.64. The third-order valence-electron chi connectivity index (χ3n) is 3.91. The second-order valence-electron chi connectivity index (χ2n) is 5.35. The first-order valence-corrected chi connectivity index (χ1v) is 8.61. The summed E-state index contributed by atoms with van der Waals surface area (Å²) in [4.78, 5) is 2.15. The Morgan fingerprint density at radius 3 is 2.85 bits per heavy atom. The summed E-state index contributed by atoms with van der Waals surface area (Å²) >= 11 is 5.85. The van der Waals surface area contributed by atoms with Gasteiger partial charge in [-0.3, -0.25) is 5.10 Å². The molecular formula is C12H21ClN4O2S. The first-order chi connectivity index (χ1) is 9.37. The summed E-state index contributed by atoms with van der Waals surface area (Å²) in [6.07, 6.45) is 1.88. The zero-order chi connectivity index (χ0) is 14.9. The van der Waals surface area contributed by atoms with Gasteiger partial charge in [0.1, 0.15) is 0 Å². The van der Waals surface area contributed by atoms with Crippen LogP contribution in [0.2, 0.25) is 0 Å². The normalized spacial score (nSPS) is 21.6.